The number of rotatable bonds is 26. The Balaban J connectivity index is 0.769. The summed E-state index contributed by atoms with van der Waals surface area (Å²) in [6.07, 6.45) is 10.5. The van der Waals surface area contributed by atoms with E-state index in [1.165, 1.54) is 58.7 Å². The van der Waals surface area contributed by atoms with Crippen molar-refractivity contribution in [3.63, 3.8) is 0 Å². The highest BCUT2D eigenvalue weighted by Crippen LogP contribution is 2.42. The van der Waals surface area contributed by atoms with Gasteiger partial charge in [-0.05, 0) is 86.4 Å². The topological polar surface area (TPSA) is 251 Å². The number of β-amino-alcohol motifs (C(OH)–C–C–N with tert-alkyl or cyclic N) is 1. The highest BCUT2D eigenvalue weighted by molar-refractivity contribution is 7.93. The lowest BCUT2D eigenvalue weighted by Crippen LogP contribution is -2.59. The van der Waals surface area contributed by atoms with Gasteiger partial charge in [0.2, 0.25) is 11.8 Å². The fourth-order valence-electron chi connectivity index (χ4n) is 10.4. The van der Waals surface area contributed by atoms with Crippen LogP contribution in [0.2, 0.25) is 0 Å². The van der Waals surface area contributed by atoms with E-state index in [9.17, 15) is 45.5 Å². The molecule has 0 radical (unpaired) electrons. The van der Waals surface area contributed by atoms with Gasteiger partial charge in [0.1, 0.15) is 47.0 Å². The Bertz CT molecular complexity index is 3660. The van der Waals surface area contributed by atoms with Crippen molar-refractivity contribution in [2.45, 2.75) is 148 Å². The Hall–Kier alpha value is -7.64. The van der Waals surface area contributed by atoms with Crippen LogP contribution < -0.4 is 30.6 Å². The predicted octanol–water partition coefficient (Wildman–Crippen LogP) is 10.2. The molecule has 1 aliphatic heterocycles. The van der Waals surface area contributed by atoms with Crippen molar-refractivity contribution >= 4 is 61.5 Å². The molecule has 1 aliphatic carbocycles. The number of alkyl halides is 3. The summed E-state index contributed by atoms with van der Waals surface area (Å²) in [6, 6.07) is 13.5. The van der Waals surface area contributed by atoms with Gasteiger partial charge in [0.15, 0.2) is 5.67 Å². The number of pyridine rings is 1. The summed E-state index contributed by atoms with van der Waals surface area (Å²) < 4.78 is 98.0. The van der Waals surface area contributed by atoms with Crippen molar-refractivity contribution in [3.8, 4) is 44.3 Å². The van der Waals surface area contributed by atoms with Gasteiger partial charge in [-0.25, -0.2) is 27.2 Å². The maximum Gasteiger partial charge on any atom is 0.355 e. The molecule has 85 heavy (non-hydrogen) atoms. The Labute approximate surface area is 494 Å². The average Bonchev–Trinajstić information content (AvgIpc) is 2.01. The number of aliphatic hydroxyl groups is 1. The smallest absolute Gasteiger partial charge is 0.355 e. The summed E-state index contributed by atoms with van der Waals surface area (Å²) >= 11 is 1.52. The maximum absolute atomic E-state index is 14.7. The van der Waals surface area contributed by atoms with E-state index in [2.05, 4.69) is 25.7 Å². The largest absolute Gasteiger partial charge is 0.493 e. The van der Waals surface area contributed by atoms with Crippen LogP contribution >= 0.6 is 11.3 Å². The Morgan fingerprint density at radius 2 is 1.62 bits per heavy atom. The van der Waals surface area contributed by atoms with Gasteiger partial charge in [0, 0.05) is 67.8 Å². The molecule has 3 aromatic carbocycles. The molecule has 2 aliphatic rings. The number of nitrogens with two attached hydrogens (primary N) is 1. The van der Waals surface area contributed by atoms with Crippen molar-refractivity contribution in [2.24, 2.45) is 12.5 Å². The monoisotopic (exact) mass is 1210 g/mol. The van der Waals surface area contributed by atoms with Crippen molar-refractivity contribution < 1.29 is 54.9 Å². The van der Waals surface area contributed by atoms with Crippen molar-refractivity contribution in [2.75, 3.05) is 23.6 Å². The number of aromatic nitrogens is 6. The van der Waals surface area contributed by atoms with E-state index in [4.69, 9.17) is 20.3 Å². The number of fused-ring (bicyclic) bond motifs is 1. The third-order valence-corrected chi connectivity index (χ3v) is 17.3. The zero-order valence-corrected chi connectivity index (χ0v) is 49.8. The van der Waals surface area contributed by atoms with Crippen LogP contribution in [0.5, 0.6) is 11.5 Å². The summed E-state index contributed by atoms with van der Waals surface area (Å²) in [7, 11) is -3.33. The number of aliphatic hydroxyl groups excluding tert-OH is 1. The van der Waals surface area contributed by atoms with Crippen LogP contribution in [0.25, 0.3) is 43.7 Å². The third-order valence-electron chi connectivity index (χ3n) is 15.4. The van der Waals surface area contributed by atoms with Crippen LogP contribution in [-0.4, -0.2) is 108 Å². The molecule has 454 valence electrons. The number of unbranched alkanes of at least 4 members (excludes halogenated alkanes) is 6. The summed E-state index contributed by atoms with van der Waals surface area (Å²) in [5.74, 6) is -5.34. The summed E-state index contributed by atoms with van der Waals surface area (Å²) in [5, 5.41) is 26.2. The van der Waals surface area contributed by atoms with E-state index >= 15 is 0 Å². The minimum atomic E-state index is -5.08. The number of benzene rings is 3. The number of amides is 3. The van der Waals surface area contributed by atoms with Crippen LogP contribution in [0, 0.1) is 18.2 Å². The number of hydrogen-bond acceptors (Lipinski definition) is 14. The van der Waals surface area contributed by atoms with Crippen LogP contribution in [0.3, 0.4) is 0 Å². The molecular weight excluding hydrogens is 1140 g/mol. The molecule has 4 aromatic heterocycles. The van der Waals surface area contributed by atoms with Gasteiger partial charge >= 0.3 is 5.76 Å². The van der Waals surface area contributed by atoms with Gasteiger partial charge in [-0.15, -0.1) is 11.3 Å². The Morgan fingerprint density at radius 1 is 0.929 bits per heavy atom. The molecule has 7 aromatic rings. The number of hydrogen-bond donors (Lipinski definition) is 5. The Morgan fingerprint density at radius 3 is 2.31 bits per heavy atom. The number of ether oxygens (including phenoxy) is 2. The first-order chi connectivity index (χ1) is 40.4. The van der Waals surface area contributed by atoms with Crippen LogP contribution in [0.1, 0.15) is 115 Å². The normalized spacial score (nSPS) is 16.6. The molecule has 19 nitrogen and oxygen atoms in total. The summed E-state index contributed by atoms with van der Waals surface area (Å²) in [5.41, 5.74) is 11.3. The highest BCUT2D eigenvalue weighted by Gasteiger charge is 2.53. The number of anilines is 2. The highest BCUT2D eigenvalue weighted by atomic mass is 32.2. The lowest BCUT2D eigenvalue weighted by Gasteiger charge is -2.35. The van der Waals surface area contributed by atoms with Gasteiger partial charge in [-0.1, -0.05) is 83.2 Å². The standard InChI is InChI=1S/C60H71F4N11O8S2/c1-35-52(84-34-68-35)39-14-15-40(29-67-55(77)46-28-43(76)33-75(46)56(78)53(59(3,4)5)70-57(79)60(64)22-23-60)47(27-39)82-25-13-11-9-7-8-10-12-24-74-32-41(30-69-74)44-31-66-54(65)49-50(71-73(6)51(44)49)38-18-21-45(72-85(80,81)58(62)63)48(26-38)83-36(2)37-16-19-42(61)20-17-37/h14-21,26-27,30-32,34,36,43,46,53,58,72,76H,7-13,22-25,28-29,33H2,1-6H3,(H2,65,66)(H,67,77)(H,70,79)/t36-,43+,46-,53+/m0/s1. The molecule has 25 heteroatoms. The van der Waals surface area contributed by atoms with E-state index in [0.717, 1.165) is 72.2 Å². The zero-order valence-electron chi connectivity index (χ0n) is 48.2. The molecule has 0 spiro atoms. The first kappa shape index (κ1) is 61.9. The number of carbonyl (C=O) groups excluding carboxylic acids is 3. The molecule has 1 saturated carbocycles. The number of halogens is 4. The first-order valence-electron chi connectivity index (χ1n) is 28.3. The van der Waals surface area contributed by atoms with Crippen LogP contribution in [0.15, 0.2) is 84.8 Å². The summed E-state index contributed by atoms with van der Waals surface area (Å²) in [4.78, 5) is 51.8. The second kappa shape index (κ2) is 25.9. The molecule has 3 amide bonds. The predicted molar refractivity (Wildman–Crippen MR) is 316 cm³/mol. The van der Waals surface area contributed by atoms with Crippen LogP contribution in [0.4, 0.5) is 29.1 Å². The number of aryl methyl sites for hydroxylation is 3. The quantitative estimate of drug-likeness (QED) is 0.0250. The molecule has 0 unspecified atom stereocenters. The molecule has 5 heterocycles. The minimum Gasteiger partial charge on any atom is -0.493 e. The molecule has 6 N–H and O–H groups in total. The first-order valence-corrected chi connectivity index (χ1v) is 30.8. The molecule has 9 rings (SSSR count). The maximum atomic E-state index is 14.7. The molecule has 1 saturated heterocycles. The van der Waals surface area contributed by atoms with E-state index in [-0.39, 0.29) is 49.6 Å². The van der Waals surface area contributed by atoms with Gasteiger partial charge in [0.25, 0.3) is 15.9 Å². The van der Waals surface area contributed by atoms with Gasteiger partial charge in [-0.2, -0.15) is 19.0 Å². The van der Waals surface area contributed by atoms with Crippen LogP contribution in [-0.2, 0) is 44.5 Å². The lowest BCUT2D eigenvalue weighted by molar-refractivity contribution is -0.145. The van der Waals surface area contributed by atoms with Gasteiger partial charge in [0.05, 0.1) is 51.6 Å². The molecule has 4 atom stereocenters. The minimum absolute atomic E-state index is 0.0109. The van der Waals surface area contributed by atoms with Crippen molar-refractivity contribution in [3.05, 3.63) is 107 Å². The Kier molecular flexibility index (Phi) is 18.9. The number of carbonyl (C=O) groups is 3. The number of thiazole rings is 1. The van der Waals surface area contributed by atoms with E-state index < -0.39 is 74.7 Å². The second-order valence-electron chi connectivity index (χ2n) is 22.9. The van der Waals surface area contributed by atoms with Gasteiger partial charge in [-0.3, -0.25) is 28.5 Å². The number of nitrogens with one attached hydrogen (secondary N) is 3. The van der Waals surface area contributed by atoms with E-state index in [0.29, 0.717) is 52.2 Å². The van der Waals surface area contributed by atoms with E-state index in [1.807, 2.05) is 40.7 Å². The lowest BCUT2D eigenvalue weighted by atomic mass is 9.85. The molecule has 2 fully saturated rings. The molecular formula is C60H71F4N11O8S2. The number of sulfonamides is 1. The zero-order chi connectivity index (χ0) is 61.0. The number of nitrogen functional groups attached to an aromatic ring is 1. The second-order valence-corrected chi connectivity index (χ2v) is 25.4. The number of likely N-dealkylation sites (tertiary alicyclic amines) is 1. The average molecular weight is 1210 g/mol. The molecule has 0 bridgehead atoms. The summed E-state index contributed by atoms with van der Waals surface area (Å²) in [6.45, 7) is 9.97. The third kappa shape index (κ3) is 14.5. The number of nitrogens with zero attached hydrogens (tertiary/aromatic N) is 7. The fourth-order valence-corrected chi connectivity index (χ4v) is 11.8. The van der Waals surface area contributed by atoms with Crippen molar-refractivity contribution in [1.29, 1.82) is 0 Å². The van der Waals surface area contributed by atoms with E-state index in [1.54, 1.807) is 57.3 Å². The fraction of sp³-hybridized carbons (Fsp3) is 0.450. The SMILES string of the molecule is Cc1ncsc1-c1ccc(CNC(=O)[C@@H]2C[C@@H](O)CN2C(=O)[C@@H](NC(=O)C2(F)CC2)C(C)(C)C)c(OCCCCCCCCCn2cc(-c3cnc(N)c4c(-c5ccc(NS(=O)(=O)C(F)F)c(O[C@@H](C)c6ccc(F)cc6)c5)nn(C)c34)cn2)c1. The van der Waals surface area contributed by atoms with Gasteiger partial charge < -0.3 is 35.8 Å². The van der Waals surface area contributed by atoms with Crippen molar-refractivity contribution in [1.82, 2.24) is 45.1 Å².